The molecule has 0 aliphatic carbocycles. The van der Waals surface area contributed by atoms with E-state index in [4.69, 9.17) is 10.5 Å². The van der Waals surface area contributed by atoms with Gasteiger partial charge < -0.3 is 15.4 Å². The number of rotatable bonds is 2. The third kappa shape index (κ3) is 2.46. The molecule has 0 radical (unpaired) electrons. The smallest absolute Gasteiger partial charge is 0.328 e. The Labute approximate surface area is 99.8 Å². The van der Waals surface area contributed by atoms with Crippen LogP contribution in [-0.4, -0.2) is 35.6 Å². The number of hydrogen-bond donors (Lipinski definition) is 1. The molecule has 1 fully saturated rings. The first kappa shape index (κ1) is 11.6. The first-order valence-corrected chi connectivity index (χ1v) is 5.65. The van der Waals surface area contributed by atoms with Gasteiger partial charge in [0, 0.05) is 12.7 Å². The van der Waals surface area contributed by atoms with Crippen LogP contribution in [0.1, 0.15) is 19.3 Å². The molecule has 1 saturated heterocycles. The van der Waals surface area contributed by atoms with E-state index in [2.05, 4.69) is 9.97 Å². The number of aromatic nitrogens is 2. The molecular formula is C11H16N4O2. The van der Waals surface area contributed by atoms with Crippen LogP contribution in [0, 0.1) is 0 Å². The van der Waals surface area contributed by atoms with Crippen molar-refractivity contribution in [1.29, 1.82) is 0 Å². The fourth-order valence-electron chi connectivity index (χ4n) is 2.05. The lowest BCUT2D eigenvalue weighted by Crippen LogP contribution is -2.46. The fourth-order valence-corrected chi connectivity index (χ4v) is 2.05. The Morgan fingerprint density at radius 1 is 1.59 bits per heavy atom. The molecule has 92 valence electrons. The second kappa shape index (κ2) is 4.99. The highest BCUT2D eigenvalue weighted by atomic mass is 16.5. The van der Waals surface area contributed by atoms with Gasteiger partial charge in [-0.1, -0.05) is 0 Å². The summed E-state index contributed by atoms with van der Waals surface area (Å²) in [5, 5.41) is 0. The summed E-state index contributed by atoms with van der Waals surface area (Å²) in [5.41, 5.74) is 5.63. The van der Waals surface area contributed by atoms with Crippen molar-refractivity contribution in [3.63, 3.8) is 0 Å². The summed E-state index contributed by atoms with van der Waals surface area (Å²) >= 11 is 0. The van der Waals surface area contributed by atoms with Gasteiger partial charge in [-0.3, -0.25) is 0 Å². The summed E-state index contributed by atoms with van der Waals surface area (Å²) in [6, 6.07) is 1.33. The van der Waals surface area contributed by atoms with Crippen molar-refractivity contribution in [1.82, 2.24) is 9.97 Å². The zero-order chi connectivity index (χ0) is 12.3. The van der Waals surface area contributed by atoms with Gasteiger partial charge in [0.15, 0.2) is 0 Å². The van der Waals surface area contributed by atoms with E-state index in [1.807, 2.05) is 4.90 Å². The number of hydrogen-bond acceptors (Lipinski definition) is 6. The van der Waals surface area contributed by atoms with E-state index in [0.29, 0.717) is 11.8 Å². The van der Waals surface area contributed by atoms with Crippen LogP contribution in [0.5, 0.6) is 0 Å². The summed E-state index contributed by atoms with van der Waals surface area (Å²) in [7, 11) is 1.40. The number of anilines is 2. The molecule has 0 saturated carbocycles. The van der Waals surface area contributed by atoms with Gasteiger partial charge in [0.05, 0.1) is 7.11 Å². The summed E-state index contributed by atoms with van der Waals surface area (Å²) in [4.78, 5) is 21.9. The van der Waals surface area contributed by atoms with Crippen LogP contribution in [-0.2, 0) is 9.53 Å². The molecular weight excluding hydrogens is 220 g/mol. The number of esters is 1. The Balaban J connectivity index is 2.24. The van der Waals surface area contributed by atoms with Crippen LogP contribution in [0.4, 0.5) is 11.8 Å². The summed E-state index contributed by atoms with van der Waals surface area (Å²) in [6.45, 7) is 0.753. The van der Waals surface area contributed by atoms with Crippen molar-refractivity contribution in [3.8, 4) is 0 Å². The van der Waals surface area contributed by atoms with E-state index < -0.39 is 0 Å². The fraction of sp³-hybridized carbons (Fsp3) is 0.545. The van der Waals surface area contributed by atoms with Crippen molar-refractivity contribution < 1.29 is 9.53 Å². The largest absolute Gasteiger partial charge is 0.467 e. The quantitative estimate of drug-likeness (QED) is 0.757. The average molecular weight is 236 g/mol. The maximum atomic E-state index is 11.7. The molecule has 2 N–H and O–H groups in total. The minimum atomic E-state index is -0.296. The second-order valence-corrected chi connectivity index (χ2v) is 4.01. The molecule has 2 heterocycles. The number of piperidine rings is 1. The number of methoxy groups -OCH3 is 1. The summed E-state index contributed by atoms with van der Waals surface area (Å²) < 4.78 is 4.80. The molecule has 1 unspecified atom stereocenters. The number of nitrogens with zero attached hydrogens (tertiary/aromatic N) is 3. The Morgan fingerprint density at radius 3 is 3.12 bits per heavy atom. The highest BCUT2D eigenvalue weighted by Gasteiger charge is 2.31. The van der Waals surface area contributed by atoms with Crippen molar-refractivity contribution in [2.75, 3.05) is 24.3 Å². The predicted molar refractivity (Wildman–Crippen MR) is 63.4 cm³/mol. The van der Waals surface area contributed by atoms with Gasteiger partial charge in [-0.2, -0.15) is 4.98 Å². The molecule has 1 aromatic heterocycles. The minimum Gasteiger partial charge on any atom is -0.467 e. The highest BCUT2D eigenvalue weighted by molar-refractivity contribution is 5.79. The van der Waals surface area contributed by atoms with Crippen LogP contribution in [0.3, 0.4) is 0 Å². The van der Waals surface area contributed by atoms with Crippen molar-refractivity contribution >= 4 is 17.7 Å². The molecule has 2 rings (SSSR count). The van der Waals surface area contributed by atoms with E-state index in [9.17, 15) is 4.79 Å². The third-order valence-electron chi connectivity index (χ3n) is 2.90. The molecule has 6 heteroatoms. The van der Waals surface area contributed by atoms with E-state index in [0.717, 1.165) is 25.8 Å². The number of ether oxygens (including phenoxy) is 1. The lowest BCUT2D eigenvalue weighted by Gasteiger charge is -2.33. The molecule has 1 aromatic rings. The van der Waals surface area contributed by atoms with Crippen molar-refractivity contribution in [2.45, 2.75) is 25.3 Å². The van der Waals surface area contributed by atoms with Gasteiger partial charge in [0.1, 0.15) is 11.9 Å². The van der Waals surface area contributed by atoms with Gasteiger partial charge in [-0.05, 0) is 25.3 Å². The zero-order valence-corrected chi connectivity index (χ0v) is 9.80. The zero-order valence-electron chi connectivity index (χ0n) is 9.80. The Bertz CT molecular complexity index is 410. The molecule has 0 aromatic carbocycles. The van der Waals surface area contributed by atoms with Crippen molar-refractivity contribution in [3.05, 3.63) is 12.3 Å². The van der Waals surface area contributed by atoms with Crippen LogP contribution >= 0.6 is 0 Å². The van der Waals surface area contributed by atoms with Crippen LogP contribution in [0.2, 0.25) is 0 Å². The van der Waals surface area contributed by atoms with Gasteiger partial charge in [-0.15, -0.1) is 0 Å². The maximum Gasteiger partial charge on any atom is 0.328 e. The molecule has 6 nitrogen and oxygen atoms in total. The van der Waals surface area contributed by atoms with Crippen LogP contribution in [0.15, 0.2) is 12.3 Å². The standard InChI is InChI=1S/C11H16N4O2/c1-17-10(16)8-4-2-3-7-15(8)11-13-6-5-9(12)14-11/h5-6,8H,2-4,7H2,1H3,(H2,12,13,14). The SMILES string of the molecule is COC(=O)C1CCCCN1c1nccc(N)n1. The first-order chi connectivity index (χ1) is 8.22. The molecule has 1 aliphatic rings. The van der Waals surface area contributed by atoms with Gasteiger partial charge in [0.25, 0.3) is 0 Å². The lowest BCUT2D eigenvalue weighted by atomic mass is 10.0. The van der Waals surface area contributed by atoms with Gasteiger partial charge in [-0.25, -0.2) is 9.78 Å². The average Bonchev–Trinajstić information content (AvgIpc) is 2.38. The highest BCUT2D eigenvalue weighted by Crippen LogP contribution is 2.22. The van der Waals surface area contributed by atoms with E-state index in [1.54, 1.807) is 12.3 Å². The molecule has 1 atom stereocenters. The molecule has 1 aliphatic heterocycles. The molecule has 0 amide bonds. The molecule has 0 spiro atoms. The number of carbonyl (C=O) groups is 1. The first-order valence-electron chi connectivity index (χ1n) is 5.65. The Hall–Kier alpha value is -1.85. The van der Waals surface area contributed by atoms with Gasteiger partial charge in [0.2, 0.25) is 5.95 Å². The van der Waals surface area contributed by atoms with Gasteiger partial charge >= 0.3 is 5.97 Å². The Morgan fingerprint density at radius 2 is 2.41 bits per heavy atom. The number of nitrogen functional groups attached to an aromatic ring is 1. The number of carbonyl (C=O) groups excluding carboxylic acids is 1. The summed E-state index contributed by atoms with van der Waals surface area (Å²) in [6.07, 6.45) is 4.40. The maximum absolute atomic E-state index is 11.7. The minimum absolute atomic E-state index is 0.240. The number of nitrogens with two attached hydrogens (primary N) is 1. The van der Waals surface area contributed by atoms with E-state index >= 15 is 0 Å². The summed E-state index contributed by atoms with van der Waals surface area (Å²) in [5.74, 6) is 0.667. The molecule has 0 bridgehead atoms. The van der Waals surface area contributed by atoms with E-state index in [-0.39, 0.29) is 12.0 Å². The predicted octanol–water partition coefficient (Wildman–Crippen LogP) is 0.591. The second-order valence-electron chi connectivity index (χ2n) is 4.01. The molecule has 17 heavy (non-hydrogen) atoms. The topological polar surface area (TPSA) is 81.3 Å². The monoisotopic (exact) mass is 236 g/mol. The van der Waals surface area contributed by atoms with E-state index in [1.165, 1.54) is 7.11 Å². The lowest BCUT2D eigenvalue weighted by molar-refractivity contribution is -0.142. The van der Waals surface area contributed by atoms with Crippen LogP contribution < -0.4 is 10.6 Å². The third-order valence-corrected chi connectivity index (χ3v) is 2.90. The van der Waals surface area contributed by atoms with Crippen molar-refractivity contribution in [2.24, 2.45) is 0 Å². The van der Waals surface area contributed by atoms with Crippen LogP contribution in [0.25, 0.3) is 0 Å². The normalized spacial score (nSPS) is 20.1. The Kier molecular flexibility index (Phi) is 3.41.